The van der Waals surface area contributed by atoms with Crippen molar-refractivity contribution in [2.24, 2.45) is 0 Å². The van der Waals surface area contributed by atoms with Gasteiger partial charge < -0.3 is 9.29 Å². The molecule has 0 spiro atoms. The topological polar surface area (TPSA) is 44.3 Å². The normalized spacial score (nSPS) is 18.5. The Bertz CT molecular complexity index is 573. The fourth-order valence-corrected chi connectivity index (χ4v) is 2.90. The highest BCUT2D eigenvalue weighted by Gasteiger charge is 2.39. The van der Waals surface area contributed by atoms with Crippen molar-refractivity contribution in [1.29, 1.82) is 0 Å². The molecule has 2 atom stereocenters. The molecule has 0 amide bonds. The van der Waals surface area contributed by atoms with Crippen LogP contribution in [0.2, 0.25) is 0 Å². The summed E-state index contributed by atoms with van der Waals surface area (Å²) in [5, 5.41) is 0. The zero-order valence-corrected chi connectivity index (χ0v) is 15.2. The Balaban J connectivity index is 2.16. The Hall–Kier alpha value is -0.760. The van der Waals surface area contributed by atoms with E-state index in [1.807, 2.05) is 0 Å². The van der Waals surface area contributed by atoms with E-state index in [1.54, 1.807) is 27.7 Å². The van der Waals surface area contributed by atoms with Gasteiger partial charge in [0.05, 0.1) is 17.7 Å². The van der Waals surface area contributed by atoms with Crippen LogP contribution in [-0.2, 0) is 22.0 Å². The molecule has 3 nitrogen and oxygen atoms in total. The van der Waals surface area contributed by atoms with Gasteiger partial charge in [0.2, 0.25) is 0 Å². The smallest absolute Gasteiger partial charge is 0.298 e. The number of hydrogen-bond donors (Lipinski definition) is 1. The standard InChI is InChI=1S/C17H24F3NO2S/c1-11(21-24(22)16(2,3)4)13-6-5-7-14(15(13)18)17(19,20)10-23-12-8-9-12/h5-7,11-12,21H,8-10H2,1-4H3/t11?,24-/m1/s1. The second-order valence-corrected chi connectivity index (χ2v) is 9.14. The fourth-order valence-electron chi connectivity index (χ4n) is 2.10. The monoisotopic (exact) mass is 363 g/mol. The summed E-state index contributed by atoms with van der Waals surface area (Å²) >= 11 is -1.43. The minimum atomic E-state index is -3.40. The van der Waals surface area contributed by atoms with E-state index < -0.39 is 46.1 Å². The number of alkyl halides is 2. The van der Waals surface area contributed by atoms with E-state index in [2.05, 4.69) is 4.72 Å². The average molecular weight is 363 g/mol. The van der Waals surface area contributed by atoms with Gasteiger partial charge in [0, 0.05) is 16.9 Å². The van der Waals surface area contributed by atoms with Gasteiger partial charge in [0.1, 0.15) is 17.2 Å². The molecule has 2 rings (SSSR count). The molecule has 1 N–H and O–H groups in total. The largest absolute Gasteiger partial charge is 0.598 e. The summed E-state index contributed by atoms with van der Waals surface area (Å²) in [5.41, 5.74) is -0.618. The molecule has 1 unspecified atom stereocenters. The van der Waals surface area contributed by atoms with Gasteiger partial charge in [0.25, 0.3) is 5.92 Å². The van der Waals surface area contributed by atoms with Gasteiger partial charge in [-0.1, -0.05) is 12.1 Å². The molecular weight excluding hydrogens is 339 g/mol. The second kappa shape index (κ2) is 7.23. The number of hydrogen-bond acceptors (Lipinski definition) is 3. The van der Waals surface area contributed by atoms with E-state index in [4.69, 9.17) is 4.74 Å². The maximum absolute atomic E-state index is 14.6. The lowest BCUT2D eigenvalue weighted by atomic mass is 10.0. The maximum Gasteiger partial charge on any atom is 0.298 e. The van der Waals surface area contributed by atoms with Crippen LogP contribution in [0.1, 0.15) is 57.7 Å². The Kier molecular flexibility index (Phi) is 5.90. The number of halogens is 3. The van der Waals surface area contributed by atoms with Crippen molar-refractivity contribution in [2.45, 2.75) is 63.4 Å². The molecule has 0 bridgehead atoms. The SMILES string of the molecule is CC(N[S@+]([O-])C(C)(C)C)c1cccc(C(F)(F)COC2CC2)c1F. The molecule has 1 aliphatic rings. The molecule has 1 aromatic carbocycles. The minimum absolute atomic E-state index is 0.0659. The van der Waals surface area contributed by atoms with Crippen LogP contribution < -0.4 is 4.72 Å². The molecule has 0 radical (unpaired) electrons. The van der Waals surface area contributed by atoms with Gasteiger partial charge in [-0.25, -0.2) is 4.39 Å². The van der Waals surface area contributed by atoms with Gasteiger partial charge in [-0.3, -0.25) is 0 Å². The summed E-state index contributed by atoms with van der Waals surface area (Å²) in [4.78, 5) is 0. The summed E-state index contributed by atoms with van der Waals surface area (Å²) in [5.74, 6) is -4.38. The average Bonchev–Trinajstić information content (AvgIpc) is 3.28. The van der Waals surface area contributed by atoms with Crippen molar-refractivity contribution in [2.75, 3.05) is 6.61 Å². The first-order valence-electron chi connectivity index (χ1n) is 7.99. The van der Waals surface area contributed by atoms with Gasteiger partial charge >= 0.3 is 0 Å². The van der Waals surface area contributed by atoms with Crippen LogP contribution in [0.15, 0.2) is 18.2 Å². The molecule has 0 heterocycles. The van der Waals surface area contributed by atoms with Crippen molar-refractivity contribution < 1.29 is 22.5 Å². The molecule has 24 heavy (non-hydrogen) atoms. The van der Waals surface area contributed by atoms with E-state index in [-0.39, 0.29) is 11.7 Å². The van der Waals surface area contributed by atoms with E-state index >= 15 is 0 Å². The summed E-state index contributed by atoms with van der Waals surface area (Å²) in [6.07, 6.45) is 1.42. The molecule has 7 heteroatoms. The molecule has 1 saturated carbocycles. The number of nitrogens with one attached hydrogen (secondary N) is 1. The molecule has 136 valence electrons. The highest BCUT2D eigenvalue weighted by molar-refractivity contribution is 7.90. The Morgan fingerprint density at radius 1 is 1.33 bits per heavy atom. The van der Waals surface area contributed by atoms with Crippen molar-refractivity contribution >= 4 is 11.4 Å². The molecule has 1 fully saturated rings. The second-order valence-electron chi connectivity index (χ2n) is 7.14. The first kappa shape index (κ1) is 19.6. The highest BCUT2D eigenvalue weighted by Crippen LogP contribution is 2.35. The van der Waals surface area contributed by atoms with Crippen LogP contribution in [-0.4, -0.2) is 22.0 Å². The summed E-state index contributed by atoms with van der Waals surface area (Å²) < 4.78 is 62.6. The first-order valence-corrected chi connectivity index (χ1v) is 9.13. The van der Waals surface area contributed by atoms with Crippen LogP contribution in [0.4, 0.5) is 13.2 Å². The van der Waals surface area contributed by atoms with E-state index in [0.29, 0.717) is 0 Å². The molecule has 1 aliphatic carbocycles. The third-order valence-corrected chi connectivity index (χ3v) is 5.43. The number of rotatable bonds is 7. The van der Waals surface area contributed by atoms with Crippen LogP contribution >= 0.6 is 0 Å². The molecular formula is C17H24F3NO2S. The predicted octanol–water partition coefficient (Wildman–Crippen LogP) is 4.21. The van der Waals surface area contributed by atoms with E-state index in [1.165, 1.54) is 12.1 Å². The van der Waals surface area contributed by atoms with Gasteiger partial charge in [-0.2, -0.15) is 8.78 Å². The number of benzene rings is 1. The third-order valence-electron chi connectivity index (χ3n) is 3.75. The highest BCUT2D eigenvalue weighted by atomic mass is 32.2. The third kappa shape index (κ3) is 4.88. The van der Waals surface area contributed by atoms with E-state index in [0.717, 1.165) is 18.9 Å². The molecule has 1 aromatic rings. The van der Waals surface area contributed by atoms with E-state index in [9.17, 15) is 17.7 Å². The molecule has 0 aliphatic heterocycles. The quantitative estimate of drug-likeness (QED) is 0.738. The summed E-state index contributed by atoms with van der Waals surface area (Å²) in [6, 6.07) is 3.22. The zero-order valence-electron chi connectivity index (χ0n) is 14.4. The van der Waals surface area contributed by atoms with Crippen LogP contribution in [0.5, 0.6) is 0 Å². The lowest BCUT2D eigenvalue weighted by molar-refractivity contribution is -0.0895. The maximum atomic E-state index is 14.6. The summed E-state index contributed by atoms with van der Waals surface area (Å²) in [6.45, 7) is 6.11. The Labute approximate surface area is 144 Å². The Morgan fingerprint density at radius 2 is 1.96 bits per heavy atom. The van der Waals surface area contributed by atoms with Crippen LogP contribution in [0, 0.1) is 5.82 Å². The first-order chi connectivity index (χ1) is 11.0. The van der Waals surface area contributed by atoms with Gasteiger partial charge in [-0.15, -0.1) is 4.72 Å². The van der Waals surface area contributed by atoms with Gasteiger partial charge in [-0.05, 0) is 46.6 Å². The van der Waals surface area contributed by atoms with Crippen molar-refractivity contribution in [3.8, 4) is 0 Å². The van der Waals surface area contributed by atoms with Crippen LogP contribution in [0.3, 0.4) is 0 Å². The predicted molar refractivity (Wildman–Crippen MR) is 88.7 cm³/mol. The fraction of sp³-hybridized carbons (Fsp3) is 0.647. The van der Waals surface area contributed by atoms with Crippen molar-refractivity contribution in [1.82, 2.24) is 4.72 Å². The van der Waals surface area contributed by atoms with Crippen molar-refractivity contribution in [3.05, 3.63) is 35.1 Å². The van der Waals surface area contributed by atoms with Gasteiger partial charge in [0.15, 0.2) is 0 Å². The Morgan fingerprint density at radius 3 is 2.50 bits per heavy atom. The minimum Gasteiger partial charge on any atom is -0.598 e. The lowest BCUT2D eigenvalue weighted by Gasteiger charge is -2.27. The zero-order chi connectivity index (χ0) is 18.1. The lowest BCUT2D eigenvalue weighted by Crippen LogP contribution is -2.40. The molecule has 0 saturated heterocycles. The van der Waals surface area contributed by atoms with Crippen molar-refractivity contribution in [3.63, 3.8) is 0 Å². The number of ether oxygens (including phenoxy) is 1. The van der Waals surface area contributed by atoms with Crippen LogP contribution in [0.25, 0.3) is 0 Å². The molecule has 0 aromatic heterocycles. The summed E-state index contributed by atoms with van der Waals surface area (Å²) in [7, 11) is 0.